The Hall–Kier alpha value is -0.760. The summed E-state index contributed by atoms with van der Waals surface area (Å²) in [6.45, 7) is 2.34. The summed E-state index contributed by atoms with van der Waals surface area (Å²) in [4.78, 5) is 6.86. The van der Waals surface area contributed by atoms with Gasteiger partial charge in [-0.05, 0) is 49.7 Å². The molecule has 16 heavy (non-hydrogen) atoms. The third kappa shape index (κ3) is 2.67. The molecule has 2 aliphatic rings. The first-order chi connectivity index (χ1) is 7.81. The number of rotatable bonds is 5. The zero-order chi connectivity index (χ0) is 11.0. The highest BCUT2D eigenvalue weighted by molar-refractivity contribution is 6.29. The Morgan fingerprint density at radius 3 is 2.25 bits per heavy atom. The molecule has 1 aromatic heterocycles. The average molecular weight is 237 g/mol. The second kappa shape index (κ2) is 4.25. The van der Waals surface area contributed by atoms with Crippen molar-refractivity contribution in [3.8, 4) is 0 Å². The van der Waals surface area contributed by atoms with E-state index in [1.54, 1.807) is 0 Å². The zero-order valence-electron chi connectivity index (χ0n) is 9.40. The molecule has 0 amide bonds. The Kier molecular flexibility index (Phi) is 2.76. The fourth-order valence-electron chi connectivity index (χ4n) is 2.06. The van der Waals surface area contributed by atoms with E-state index in [2.05, 4.69) is 16.0 Å². The van der Waals surface area contributed by atoms with Crippen LogP contribution in [-0.2, 0) is 0 Å². The molecule has 3 rings (SSSR count). The molecular weight excluding hydrogens is 220 g/mol. The average Bonchev–Trinajstić information content (AvgIpc) is 3.11. The fourth-order valence-corrected chi connectivity index (χ4v) is 2.22. The van der Waals surface area contributed by atoms with Crippen molar-refractivity contribution >= 4 is 17.4 Å². The van der Waals surface area contributed by atoms with E-state index in [0.29, 0.717) is 5.15 Å². The summed E-state index contributed by atoms with van der Waals surface area (Å²) in [5, 5.41) is 0.606. The van der Waals surface area contributed by atoms with Gasteiger partial charge >= 0.3 is 0 Å². The van der Waals surface area contributed by atoms with Crippen molar-refractivity contribution in [3.05, 3.63) is 23.4 Å². The van der Waals surface area contributed by atoms with E-state index in [1.165, 1.54) is 38.8 Å². The molecule has 0 radical (unpaired) electrons. The van der Waals surface area contributed by atoms with E-state index >= 15 is 0 Å². The van der Waals surface area contributed by atoms with Crippen LogP contribution >= 0.6 is 11.6 Å². The fraction of sp³-hybridized carbons (Fsp3) is 0.615. The predicted octanol–water partition coefficient (Wildman–Crippen LogP) is 3.36. The summed E-state index contributed by atoms with van der Waals surface area (Å²) in [6.07, 6.45) is 5.56. The van der Waals surface area contributed by atoms with E-state index < -0.39 is 0 Å². The Morgan fingerprint density at radius 1 is 1.12 bits per heavy atom. The van der Waals surface area contributed by atoms with Crippen LogP contribution in [-0.4, -0.2) is 18.1 Å². The molecule has 0 saturated heterocycles. The van der Waals surface area contributed by atoms with Crippen LogP contribution in [0.3, 0.4) is 0 Å². The van der Waals surface area contributed by atoms with Gasteiger partial charge in [-0.15, -0.1) is 0 Å². The molecule has 2 fully saturated rings. The monoisotopic (exact) mass is 236 g/mol. The molecule has 1 aromatic rings. The molecule has 0 atom stereocenters. The molecule has 0 bridgehead atoms. The van der Waals surface area contributed by atoms with Gasteiger partial charge in [0, 0.05) is 13.1 Å². The SMILES string of the molecule is Clc1cccc(N(CC2CC2)CC2CC2)n1. The summed E-state index contributed by atoms with van der Waals surface area (Å²) < 4.78 is 0. The van der Waals surface area contributed by atoms with Crippen LogP contribution in [0.1, 0.15) is 25.7 Å². The Morgan fingerprint density at radius 2 is 1.75 bits per heavy atom. The van der Waals surface area contributed by atoms with Crippen molar-refractivity contribution in [1.82, 2.24) is 4.98 Å². The predicted molar refractivity (Wildman–Crippen MR) is 66.9 cm³/mol. The van der Waals surface area contributed by atoms with Gasteiger partial charge in [-0.2, -0.15) is 0 Å². The van der Waals surface area contributed by atoms with Gasteiger partial charge in [-0.3, -0.25) is 0 Å². The van der Waals surface area contributed by atoms with Crippen LogP contribution in [0.4, 0.5) is 5.82 Å². The molecule has 3 heteroatoms. The van der Waals surface area contributed by atoms with Crippen molar-refractivity contribution in [3.63, 3.8) is 0 Å². The first-order valence-electron chi connectivity index (χ1n) is 6.19. The zero-order valence-corrected chi connectivity index (χ0v) is 10.2. The van der Waals surface area contributed by atoms with Gasteiger partial charge in [0.1, 0.15) is 11.0 Å². The summed E-state index contributed by atoms with van der Waals surface area (Å²) in [6, 6.07) is 5.92. The minimum absolute atomic E-state index is 0.606. The minimum atomic E-state index is 0.606. The second-order valence-electron chi connectivity index (χ2n) is 5.11. The minimum Gasteiger partial charge on any atom is -0.356 e. The summed E-state index contributed by atoms with van der Waals surface area (Å²) in [7, 11) is 0. The van der Waals surface area contributed by atoms with Gasteiger partial charge in [0.2, 0.25) is 0 Å². The molecular formula is C13H17ClN2. The maximum atomic E-state index is 5.96. The number of pyridine rings is 1. The molecule has 1 heterocycles. The molecule has 2 saturated carbocycles. The molecule has 0 aliphatic heterocycles. The third-order valence-corrected chi connectivity index (χ3v) is 3.59. The van der Waals surface area contributed by atoms with Gasteiger partial charge in [-0.1, -0.05) is 17.7 Å². The third-order valence-electron chi connectivity index (χ3n) is 3.38. The lowest BCUT2D eigenvalue weighted by Gasteiger charge is -2.23. The number of nitrogens with zero attached hydrogens (tertiary/aromatic N) is 2. The number of aromatic nitrogens is 1. The normalized spacial score (nSPS) is 19.8. The van der Waals surface area contributed by atoms with Gasteiger partial charge in [0.25, 0.3) is 0 Å². The van der Waals surface area contributed by atoms with E-state index in [-0.39, 0.29) is 0 Å². The first kappa shape index (κ1) is 10.4. The summed E-state index contributed by atoms with van der Waals surface area (Å²) in [5.74, 6) is 2.87. The smallest absolute Gasteiger partial charge is 0.131 e. The van der Waals surface area contributed by atoms with Crippen molar-refractivity contribution in [1.29, 1.82) is 0 Å². The van der Waals surface area contributed by atoms with Gasteiger partial charge in [0.15, 0.2) is 0 Å². The Balaban J connectivity index is 1.73. The maximum absolute atomic E-state index is 5.96. The van der Waals surface area contributed by atoms with Gasteiger partial charge < -0.3 is 4.90 Å². The van der Waals surface area contributed by atoms with Crippen molar-refractivity contribution in [2.45, 2.75) is 25.7 Å². The molecule has 0 spiro atoms. The van der Waals surface area contributed by atoms with Crippen LogP contribution in [0.2, 0.25) is 5.15 Å². The first-order valence-corrected chi connectivity index (χ1v) is 6.56. The van der Waals surface area contributed by atoms with E-state index in [9.17, 15) is 0 Å². The molecule has 0 unspecified atom stereocenters. The Labute approximate surface area is 102 Å². The molecule has 2 nitrogen and oxygen atoms in total. The number of hydrogen-bond donors (Lipinski definition) is 0. The molecule has 0 aromatic carbocycles. The highest BCUT2D eigenvalue weighted by Gasteiger charge is 2.29. The van der Waals surface area contributed by atoms with Crippen molar-refractivity contribution in [2.75, 3.05) is 18.0 Å². The van der Waals surface area contributed by atoms with E-state index in [4.69, 9.17) is 11.6 Å². The largest absolute Gasteiger partial charge is 0.356 e. The number of halogens is 1. The second-order valence-corrected chi connectivity index (χ2v) is 5.50. The van der Waals surface area contributed by atoms with Crippen LogP contribution in [0.15, 0.2) is 18.2 Å². The summed E-state index contributed by atoms with van der Waals surface area (Å²) in [5.41, 5.74) is 0. The lowest BCUT2D eigenvalue weighted by Crippen LogP contribution is -2.28. The van der Waals surface area contributed by atoms with Crippen LogP contribution in [0.25, 0.3) is 0 Å². The highest BCUT2D eigenvalue weighted by Crippen LogP contribution is 2.35. The van der Waals surface area contributed by atoms with Gasteiger partial charge in [-0.25, -0.2) is 4.98 Å². The van der Waals surface area contributed by atoms with Crippen molar-refractivity contribution in [2.24, 2.45) is 11.8 Å². The Bertz CT molecular complexity index is 358. The van der Waals surface area contributed by atoms with E-state index in [1.807, 2.05) is 12.1 Å². The van der Waals surface area contributed by atoms with E-state index in [0.717, 1.165) is 17.7 Å². The molecule has 0 N–H and O–H groups in total. The van der Waals surface area contributed by atoms with Crippen LogP contribution < -0.4 is 4.90 Å². The molecule has 86 valence electrons. The lowest BCUT2D eigenvalue weighted by atomic mass is 10.3. The van der Waals surface area contributed by atoms with Crippen LogP contribution in [0, 0.1) is 11.8 Å². The maximum Gasteiger partial charge on any atom is 0.131 e. The standard InChI is InChI=1S/C13H17ClN2/c14-12-2-1-3-13(15-12)16(8-10-4-5-10)9-11-6-7-11/h1-3,10-11H,4-9H2. The topological polar surface area (TPSA) is 16.1 Å². The van der Waals surface area contributed by atoms with Crippen LogP contribution in [0.5, 0.6) is 0 Å². The highest BCUT2D eigenvalue weighted by atomic mass is 35.5. The number of hydrogen-bond acceptors (Lipinski definition) is 2. The van der Waals surface area contributed by atoms with Crippen molar-refractivity contribution < 1.29 is 0 Å². The quantitative estimate of drug-likeness (QED) is 0.729. The number of anilines is 1. The molecule has 2 aliphatic carbocycles. The summed E-state index contributed by atoms with van der Waals surface area (Å²) >= 11 is 5.96. The lowest BCUT2D eigenvalue weighted by molar-refractivity contribution is 0.671. The van der Waals surface area contributed by atoms with Gasteiger partial charge in [0.05, 0.1) is 0 Å².